The van der Waals surface area contributed by atoms with E-state index in [0.29, 0.717) is 0 Å². The highest BCUT2D eigenvalue weighted by atomic mass is 31.2. The van der Waals surface area contributed by atoms with Crippen molar-refractivity contribution in [1.82, 2.24) is 0 Å². The van der Waals surface area contributed by atoms with Crippen LogP contribution in [-0.4, -0.2) is 16.2 Å². The average Bonchev–Trinajstić information content (AvgIpc) is 2.60. The first-order chi connectivity index (χ1) is 12.0. The summed E-state index contributed by atoms with van der Waals surface area (Å²) < 4.78 is 25.0. The van der Waals surface area contributed by atoms with Gasteiger partial charge in [-0.15, -0.1) is 5.92 Å². The summed E-state index contributed by atoms with van der Waals surface area (Å²) in [4.78, 5) is 12.0. The van der Waals surface area contributed by atoms with Crippen LogP contribution in [0.4, 0.5) is 0 Å². The normalized spacial score (nSPS) is 13.0. The van der Waals surface area contributed by atoms with Crippen LogP contribution in [0.5, 0.6) is 11.5 Å². The Kier molecular flexibility index (Phi) is 5.90. The van der Waals surface area contributed by atoms with Gasteiger partial charge in [0.2, 0.25) is 0 Å². The van der Waals surface area contributed by atoms with Crippen LogP contribution in [0.2, 0.25) is 0 Å². The molecular formula is C19H19O5P. The lowest BCUT2D eigenvalue weighted by Gasteiger charge is -2.31. The van der Waals surface area contributed by atoms with Crippen LogP contribution in [0.3, 0.4) is 0 Å². The van der Waals surface area contributed by atoms with Crippen LogP contribution >= 0.6 is 7.60 Å². The zero-order valence-corrected chi connectivity index (χ0v) is 14.9. The Labute approximate surface area is 147 Å². The molecule has 25 heavy (non-hydrogen) atoms. The van der Waals surface area contributed by atoms with Gasteiger partial charge in [0.15, 0.2) is 0 Å². The topological polar surface area (TPSA) is 72.8 Å². The minimum Gasteiger partial charge on any atom is -0.480 e. The van der Waals surface area contributed by atoms with Crippen LogP contribution in [0.15, 0.2) is 60.7 Å². The van der Waals surface area contributed by atoms with Crippen LogP contribution in [0.1, 0.15) is 20.3 Å². The second-order valence-corrected chi connectivity index (χ2v) is 7.32. The van der Waals surface area contributed by atoms with Gasteiger partial charge in [-0.3, -0.25) is 0 Å². The smallest absolute Gasteiger partial charge is 0.460 e. The molecule has 1 unspecified atom stereocenters. The van der Waals surface area contributed by atoms with E-state index in [2.05, 4.69) is 11.8 Å². The van der Waals surface area contributed by atoms with E-state index < -0.39 is 18.7 Å². The number of aliphatic carboxylic acids is 1. The summed E-state index contributed by atoms with van der Waals surface area (Å²) in [6, 6.07) is 16.7. The van der Waals surface area contributed by atoms with Gasteiger partial charge < -0.3 is 14.2 Å². The van der Waals surface area contributed by atoms with Gasteiger partial charge in [-0.05, 0) is 37.6 Å². The highest BCUT2D eigenvalue weighted by Gasteiger charge is 2.58. The van der Waals surface area contributed by atoms with Crippen molar-refractivity contribution in [2.45, 2.75) is 25.4 Å². The first-order valence-electron chi connectivity index (χ1n) is 7.74. The number of hydrogen-bond donors (Lipinski definition) is 1. The summed E-state index contributed by atoms with van der Waals surface area (Å²) >= 11 is 0. The number of benzene rings is 2. The van der Waals surface area contributed by atoms with Gasteiger partial charge in [0.1, 0.15) is 11.5 Å². The maximum absolute atomic E-state index is 13.7. The predicted octanol–water partition coefficient (Wildman–Crippen LogP) is 4.59. The average molecular weight is 358 g/mol. The van der Waals surface area contributed by atoms with E-state index in [1.165, 1.54) is 6.92 Å². The number of para-hydroxylation sites is 2. The van der Waals surface area contributed by atoms with E-state index in [1.54, 1.807) is 67.6 Å². The molecule has 0 radical (unpaired) electrons. The van der Waals surface area contributed by atoms with E-state index in [4.69, 9.17) is 9.05 Å². The van der Waals surface area contributed by atoms with E-state index in [-0.39, 0.29) is 17.9 Å². The highest BCUT2D eigenvalue weighted by Crippen LogP contribution is 2.60. The Morgan fingerprint density at radius 3 is 1.80 bits per heavy atom. The molecule has 0 saturated heterocycles. The molecule has 0 aliphatic rings. The van der Waals surface area contributed by atoms with Crippen molar-refractivity contribution in [3.63, 3.8) is 0 Å². The number of carbonyl (C=O) groups is 1. The molecular weight excluding hydrogens is 339 g/mol. The first-order valence-corrected chi connectivity index (χ1v) is 9.28. The van der Waals surface area contributed by atoms with Gasteiger partial charge >= 0.3 is 13.6 Å². The van der Waals surface area contributed by atoms with Gasteiger partial charge in [-0.25, -0.2) is 9.36 Å². The van der Waals surface area contributed by atoms with Crippen molar-refractivity contribution in [1.29, 1.82) is 0 Å². The Morgan fingerprint density at radius 2 is 1.48 bits per heavy atom. The standard InChI is InChI=1S/C19H19O5P/c1-3-15-19(4-2,18(20)21)25(22,23-16-11-7-5-8-12-16)24-17-13-9-6-10-14-17/h5-14H,4H2,1-2H3,(H,20,21). The van der Waals surface area contributed by atoms with Crippen LogP contribution in [0, 0.1) is 11.8 Å². The first kappa shape index (κ1) is 18.6. The molecule has 0 spiro atoms. The maximum atomic E-state index is 13.7. The Hall–Kier alpha value is -2.70. The van der Waals surface area contributed by atoms with Gasteiger partial charge in [0, 0.05) is 0 Å². The monoisotopic (exact) mass is 358 g/mol. The molecule has 130 valence electrons. The largest absolute Gasteiger partial charge is 0.480 e. The fraction of sp³-hybridized carbons (Fsp3) is 0.211. The molecule has 2 aromatic carbocycles. The van der Waals surface area contributed by atoms with Crippen LogP contribution < -0.4 is 9.05 Å². The molecule has 0 aliphatic heterocycles. The fourth-order valence-corrected chi connectivity index (χ4v) is 4.31. The fourth-order valence-electron chi connectivity index (χ4n) is 2.29. The summed E-state index contributed by atoms with van der Waals surface area (Å²) in [6.07, 6.45) is -0.0415. The van der Waals surface area contributed by atoms with Crippen molar-refractivity contribution in [3.05, 3.63) is 60.7 Å². The van der Waals surface area contributed by atoms with Crippen molar-refractivity contribution in [3.8, 4) is 23.3 Å². The number of hydrogen-bond acceptors (Lipinski definition) is 4. The molecule has 2 aromatic rings. The van der Waals surface area contributed by atoms with Crippen molar-refractivity contribution >= 4 is 13.6 Å². The summed E-state index contributed by atoms with van der Waals surface area (Å²) in [5.74, 6) is 4.27. The molecule has 6 heteroatoms. The lowest BCUT2D eigenvalue weighted by molar-refractivity contribution is -0.138. The molecule has 0 aliphatic carbocycles. The molecule has 0 fully saturated rings. The molecule has 0 saturated carbocycles. The SMILES string of the molecule is CC#CC(CC)(C(=O)O)P(=O)(Oc1ccccc1)Oc1ccccc1. The number of carboxylic acid groups (broad SMARTS) is 1. The zero-order valence-electron chi connectivity index (χ0n) is 14.0. The van der Waals surface area contributed by atoms with Crippen molar-refractivity contribution in [2.75, 3.05) is 0 Å². The lowest BCUT2D eigenvalue weighted by atomic mass is 10.1. The molecule has 0 aromatic heterocycles. The Bertz CT molecular complexity index is 778. The van der Waals surface area contributed by atoms with Gasteiger partial charge in [0.05, 0.1) is 0 Å². The van der Waals surface area contributed by atoms with Gasteiger partial charge in [-0.2, -0.15) is 0 Å². The minimum atomic E-state index is -4.25. The zero-order chi connectivity index (χ0) is 18.3. The van der Waals surface area contributed by atoms with Crippen LogP contribution in [0.25, 0.3) is 0 Å². The van der Waals surface area contributed by atoms with Gasteiger partial charge in [-0.1, -0.05) is 49.2 Å². The van der Waals surface area contributed by atoms with Crippen molar-refractivity contribution in [2.24, 2.45) is 0 Å². The summed E-state index contributed by atoms with van der Waals surface area (Å²) in [5.41, 5.74) is 0. The Morgan fingerprint density at radius 1 is 1.04 bits per heavy atom. The third-order valence-corrected chi connectivity index (χ3v) is 6.06. The van der Waals surface area contributed by atoms with Crippen LogP contribution in [-0.2, 0) is 9.36 Å². The van der Waals surface area contributed by atoms with Gasteiger partial charge in [0.25, 0.3) is 5.16 Å². The van der Waals surface area contributed by atoms with E-state index in [0.717, 1.165) is 0 Å². The summed E-state index contributed by atoms with van der Waals surface area (Å²) in [7, 11) is -4.25. The number of carboxylic acids is 1. The third kappa shape index (κ3) is 3.87. The number of rotatable bonds is 7. The second kappa shape index (κ2) is 7.92. The molecule has 0 bridgehead atoms. The predicted molar refractivity (Wildman–Crippen MR) is 95.9 cm³/mol. The molecule has 0 heterocycles. The minimum absolute atomic E-state index is 0.0415. The van der Waals surface area contributed by atoms with E-state index >= 15 is 0 Å². The quantitative estimate of drug-likeness (QED) is 0.579. The Balaban J connectivity index is 2.58. The van der Waals surface area contributed by atoms with E-state index in [1.807, 2.05) is 0 Å². The maximum Gasteiger partial charge on any atom is 0.460 e. The molecule has 5 nitrogen and oxygen atoms in total. The highest BCUT2D eigenvalue weighted by molar-refractivity contribution is 7.58. The molecule has 1 N–H and O–H groups in total. The molecule has 0 amide bonds. The lowest BCUT2D eigenvalue weighted by Crippen LogP contribution is -2.39. The van der Waals surface area contributed by atoms with E-state index in [9.17, 15) is 14.5 Å². The molecule has 1 atom stereocenters. The van der Waals surface area contributed by atoms with Crippen molar-refractivity contribution < 1.29 is 23.5 Å². The summed E-state index contributed by atoms with van der Waals surface area (Å²) in [6.45, 7) is 3.08. The third-order valence-electron chi connectivity index (χ3n) is 3.60. The molecule has 2 rings (SSSR count). The second-order valence-electron chi connectivity index (χ2n) is 5.20. The summed E-state index contributed by atoms with van der Waals surface area (Å²) in [5, 5.41) is 7.83.